The highest BCUT2D eigenvalue weighted by molar-refractivity contribution is 5.95. The third-order valence-corrected chi connectivity index (χ3v) is 5.60. The molecular formula is C26H51N5O. The Hall–Kier alpha value is -1.85. The highest BCUT2D eigenvalue weighted by Gasteiger charge is 2.13. The van der Waals surface area contributed by atoms with E-state index in [0.717, 1.165) is 89.4 Å². The van der Waals surface area contributed by atoms with Crippen LogP contribution in [-0.2, 0) is 0 Å². The van der Waals surface area contributed by atoms with Crippen molar-refractivity contribution < 1.29 is 4.79 Å². The summed E-state index contributed by atoms with van der Waals surface area (Å²) in [6.45, 7) is 8.54. The lowest BCUT2D eigenvalue weighted by Crippen LogP contribution is -2.46. The fourth-order valence-corrected chi connectivity index (χ4v) is 3.53. The Bertz CT molecular complexity index is 530. The van der Waals surface area contributed by atoms with Gasteiger partial charge in [-0.3, -0.25) is 10.3 Å². The molecule has 0 rings (SSSR count). The second-order valence-corrected chi connectivity index (χ2v) is 8.68. The first-order chi connectivity index (χ1) is 15.5. The topological polar surface area (TPSA) is 94.6 Å². The molecule has 0 bridgehead atoms. The molecule has 0 aliphatic carbocycles. The second-order valence-electron chi connectivity index (χ2n) is 8.68. The number of amides is 2. The van der Waals surface area contributed by atoms with Crippen LogP contribution in [0.4, 0.5) is 4.79 Å². The molecule has 6 heteroatoms. The van der Waals surface area contributed by atoms with Crippen molar-refractivity contribution in [2.45, 2.75) is 117 Å². The zero-order valence-corrected chi connectivity index (χ0v) is 21.3. The molecule has 2 amide bonds. The van der Waals surface area contributed by atoms with Gasteiger partial charge in [-0.2, -0.15) is 0 Å². The minimum atomic E-state index is -0.115. The molecule has 0 fully saturated rings. The number of rotatable bonds is 20. The number of hydrogen-bond donors (Lipinski definition) is 3. The number of unbranched alkanes of at least 4 members (excludes halogenated alkanes) is 9. The maximum absolute atomic E-state index is 12.6. The van der Waals surface area contributed by atoms with Gasteiger partial charge in [0.15, 0.2) is 5.96 Å². The third-order valence-electron chi connectivity index (χ3n) is 5.60. The second kappa shape index (κ2) is 22.3. The van der Waals surface area contributed by atoms with Crippen molar-refractivity contribution in [3.63, 3.8) is 0 Å². The van der Waals surface area contributed by atoms with E-state index >= 15 is 0 Å². The van der Waals surface area contributed by atoms with E-state index in [4.69, 9.17) is 11.1 Å². The summed E-state index contributed by atoms with van der Waals surface area (Å²) in [5.41, 5.74) is 6.76. The van der Waals surface area contributed by atoms with Crippen LogP contribution in [0.5, 0.6) is 0 Å². The number of aliphatic imine (C=N–C) groups is 1. The van der Waals surface area contributed by atoms with Crippen LogP contribution in [0.25, 0.3) is 0 Å². The number of hydrogen-bond acceptors (Lipinski definition) is 3. The van der Waals surface area contributed by atoms with Gasteiger partial charge in [-0.1, -0.05) is 77.4 Å². The zero-order chi connectivity index (χ0) is 23.9. The van der Waals surface area contributed by atoms with E-state index in [0.29, 0.717) is 6.54 Å². The van der Waals surface area contributed by atoms with E-state index in [-0.39, 0.29) is 12.0 Å². The predicted molar refractivity (Wildman–Crippen MR) is 140 cm³/mol. The molecule has 0 heterocycles. The molecule has 0 aliphatic heterocycles. The van der Waals surface area contributed by atoms with Gasteiger partial charge in [0.25, 0.3) is 0 Å². The molecule has 186 valence electrons. The molecule has 0 atom stereocenters. The highest BCUT2D eigenvalue weighted by Crippen LogP contribution is 2.11. The van der Waals surface area contributed by atoms with Crippen molar-refractivity contribution in [2.24, 2.45) is 10.7 Å². The van der Waals surface area contributed by atoms with Crippen molar-refractivity contribution in [3.8, 4) is 0 Å². The third kappa shape index (κ3) is 18.9. The number of carbonyl (C=O) groups is 1. The minimum Gasteiger partial charge on any atom is -0.370 e. The lowest BCUT2D eigenvalue weighted by molar-refractivity contribution is 0.200. The molecule has 0 radical (unpaired) electrons. The van der Waals surface area contributed by atoms with E-state index in [9.17, 15) is 4.79 Å². The number of guanidine groups is 1. The van der Waals surface area contributed by atoms with Gasteiger partial charge in [-0.05, 0) is 51.9 Å². The molecular weight excluding hydrogens is 398 g/mol. The Labute approximate surface area is 198 Å². The molecule has 32 heavy (non-hydrogen) atoms. The Kier molecular flexibility index (Phi) is 21.1. The maximum Gasteiger partial charge on any atom is 0.324 e. The summed E-state index contributed by atoms with van der Waals surface area (Å²) >= 11 is 0. The Morgan fingerprint density at radius 1 is 0.906 bits per heavy atom. The highest BCUT2D eigenvalue weighted by atomic mass is 16.2. The molecule has 4 N–H and O–H groups in total. The van der Waals surface area contributed by atoms with E-state index in [2.05, 4.69) is 36.3 Å². The SMILES string of the molecule is C/C=C/CCC(=N)CCCCCCCCCN(CCCCC)C(=O)NC(N)=NCCCC. The van der Waals surface area contributed by atoms with Crippen LogP contribution in [0.2, 0.25) is 0 Å². The molecule has 0 aromatic carbocycles. The fourth-order valence-electron chi connectivity index (χ4n) is 3.53. The first kappa shape index (κ1) is 30.1. The quantitative estimate of drug-likeness (QED) is 0.0824. The molecule has 0 aromatic rings. The number of nitrogens with zero attached hydrogens (tertiary/aromatic N) is 2. The van der Waals surface area contributed by atoms with Gasteiger partial charge >= 0.3 is 6.03 Å². The van der Waals surface area contributed by atoms with E-state index < -0.39 is 0 Å². The summed E-state index contributed by atoms with van der Waals surface area (Å²) in [4.78, 5) is 18.7. The van der Waals surface area contributed by atoms with Crippen molar-refractivity contribution in [3.05, 3.63) is 12.2 Å². The lowest BCUT2D eigenvalue weighted by Gasteiger charge is -2.23. The Morgan fingerprint density at radius 3 is 2.12 bits per heavy atom. The van der Waals surface area contributed by atoms with Crippen LogP contribution in [0, 0.1) is 5.41 Å². The molecule has 0 spiro atoms. The van der Waals surface area contributed by atoms with Crippen molar-refractivity contribution in [2.75, 3.05) is 19.6 Å². The average Bonchev–Trinajstić information content (AvgIpc) is 2.77. The van der Waals surface area contributed by atoms with Crippen LogP contribution in [0.15, 0.2) is 17.1 Å². The average molecular weight is 450 g/mol. The number of urea groups is 1. The van der Waals surface area contributed by atoms with E-state index in [1.54, 1.807) is 0 Å². The molecule has 0 saturated carbocycles. The first-order valence-electron chi connectivity index (χ1n) is 13.1. The number of nitrogens with two attached hydrogens (primary N) is 1. The predicted octanol–water partition coefficient (Wildman–Crippen LogP) is 6.80. The summed E-state index contributed by atoms with van der Waals surface area (Å²) in [5, 5.41) is 10.7. The van der Waals surface area contributed by atoms with Crippen LogP contribution in [0.1, 0.15) is 117 Å². The van der Waals surface area contributed by atoms with Crippen molar-refractivity contribution >= 4 is 17.7 Å². The summed E-state index contributed by atoms with van der Waals surface area (Å²) in [6.07, 6.45) is 20.6. The largest absolute Gasteiger partial charge is 0.370 e. The van der Waals surface area contributed by atoms with Crippen LogP contribution in [-0.4, -0.2) is 42.2 Å². The summed E-state index contributed by atoms with van der Waals surface area (Å²) in [7, 11) is 0. The van der Waals surface area contributed by atoms with Gasteiger partial charge in [-0.25, -0.2) is 4.79 Å². The van der Waals surface area contributed by atoms with Crippen LogP contribution in [0.3, 0.4) is 0 Å². The smallest absolute Gasteiger partial charge is 0.324 e. The lowest BCUT2D eigenvalue weighted by atomic mass is 10.0. The van der Waals surface area contributed by atoms with Crippen molar-refractivity contribution in [1.82, 2.24) is 10.2 Å². The number of allylic oxidation sites excluding steroid dienone is 2. The number of nitrogens with one attached hydrogen (secondary N) is 2. The minimum absolute atomic E-state index is 0.115. The molecule has 0 aliphatic rings. The zero-order valence-electron chi connectivity index (χ0n) is 21.3. The normalized spacial score (nSPS) is 11.8. The number of carbonyl (C=O) groups excluding carboxylic acids is 1. The molecule has 6 nitrogen and oxygen atoms in total. The first-order valence-corrected chi connectivity index (χ1v) is 13.1. The van der Waals surface area contributed by atoms with Gasteiger partial charge in [-0.15, -0.1) is 0 Å². The molecule has 0 saturated heterocycles. The van der Waals surface area contributed by atoms with Gasteiger partial charge in [0.05, 0.1) is 0 Å². The summed E-state index contributed by atoms with van der Waals surface area (Å²) in [5.74, 6) is 0.235. The van der Waals surface area contributed by atoms with Crippen LogP contribution < -0.4 is 11.1 Å². The molecule has 0 unspecified atom stereocenters. The summed E-state index contributed by atoms with van der Waals surface area (Å²) in [6, 6.07) is -0.115. The fraction of sp³-hybridized carbons (Fsp3) is 0.808. The van der Waals surface area contributed by atoms with E-state index in [1.807, 2.05) is 11.8 Å². The van der Waals surface area contributed by atoms with Gasteiger partial charge < -0.3 is 16.0 Å². The van der Waals surface area contributed by atoms with Crippen LogP contribution >= 0.6 is 0 Å². The maximum atomic E-state index is 12.6. The van der Waals surface area contributed by atoms with Crippen molar-refractivity contribution in [1.29, 1.82) is 5.41 Å². The Morgan fingerprint density at radius 2 is 1.50 bits per heavy atom. The van der Waals surface area contributed by atoms with Gasteiger partial charge in [0.1, 0.15) is 0 Å². The monoisotopic (exact) mass is 449 g/mol. The van der Waals surface area contributed by atoms with Gasteiger partial charge in [0.2, 0.25) is 0 Å². The van der Waals surface area contributed by atoms with Gasteiger partial charge in [0, 0.05) is 25.3 Å². The molecule has 0 aromatic heterocycles. The Balaban J connectivity index is 4.02. The summed E-state index contributed by atoms with van der Waals surface area (Å²) < 4.78 is 0. The van der Waals surface area contributed by atoms with E-state index in [1.165, 1.54) is 25.7 Å². The standard InChI is InChI=1S/C26H51N5O/c1-4-7-15-19-24(27)20-16-13-11-10-12-14-18-23-31(22-17-8-5-2)26(32)30-25(28)29-21-9-6-3/h4,7,27H,5-6,8-23H2,1-3H3,(H3,28,29,30,32)/b7-4+,27-24?.